The number of alkyl halides is 1. The number of nitrogens with zero attached hydrogens (tertiary/aromatic N) is 1. The lowest BCUT2D eigenvalue weighted by Crippen LogP contribution is -2.22. The minimum Gasteiger partial charge on any atom is -0.370 e. The van der Waals surface area contributed by atoms with Crippen LogP contribution in [0.1, 0.15) is 18.9 Å². The summed E-state index contributed by atoms with van der Waals surface area (Å²) in [4.78, 5) is 4.00. The van der Waals surface area contributed by atoms with Gasteiger partial charge in [0.15, 0.2) is 5.96 Å². The number of guanidine groups is 1. The van der Waals surface area contributed by atoms with E-state index in [4.69, 9.17) is 5.73 Å². The van der Waals surface area contributed by atoms with Crippen LogP contribution in [0.5, 0.6) is 0 Å². The third-order valence-corrected chi connectivity index (χ3v) is 2.21. The van der Waals surface area contributed by atoms with Crippen molar-refractivity contribution in [3.05, 3.63) is 29.8 Å². The largest absolute Gasteiger partial charge is 0.370 e. The average Bonchev–Trinajstić information content (AvgIpc) is 2.30. The van der Waals surface area contributed by atoms with E-state index in [1.807, 2.05) is 24.3 Å². The Labute approximate surface area is 119 Å². The highest BCUT2D eigenvalue weighted by atomic mass is 127. The van der Waals surface area contributed by atoms with Gasteiger partial charge in [0.2, 0.25) is 0 Å². The molecule has 1 aromatic carbocycles. The quantitative estimate of drug-likeness (QED) is 0.371. The predicted molar refractivity (Wildman–Crippen MR) is 81.9 cm³/mol. The molecule has 0 aliphatic rings. The van der Waals surface area contributed by atoms with Gasteiger partial charge in [0.1, 0.15) is 0 Å². The lowest BCUT2D eigenvalue weighted by molar-refractivity contribution is 0.477. The molecule has 0 fully saturated rings. The summed E-state index contributed by atoms with van der Waals surface area (Å²) in [7, 11) is 0. The fraction of sp³-hybridized carbons (Fsp3) is 0.417. The minimum atomic E-state index is -0.359. The maximum atomic E-state index is 11.8. The number of rotatable bonds is 5. The summed E-state index contributed by atoms with van der Waals surface area (Å²) in [5.74, 6) is 0.331. The number of hydrogen-bond donors (Lipinski definition) is 2. The molecule has 0 bridgehead atoms. The molecule has 17 heavy (non-hydrogen) atoms. The van der Waals surface area contributed by atoms with E-state index in [9.17, 15) is 4.39 Å². The van der Waals surface area contributed by atoms with Crippen molar-refractivity contribution in [2.75, 3.05) is 18.5 Å². The third-order valence-electron chi connectivity index (χ3n) is 2.21. The van der Waals surface area contributed by atoms with E-state index >= 15 is 0 Å². The van der Waals surface area contributed by atoms with Crippen molar-refractivity contribution in [1.82, 2.24) is 0 Å². The predicted octanol–water partition coefficient (Wildman–Crippen LogP) is 2.95. The number of aliphatic imine (C=N–C) groups is 1. The summed E-state index contributed by atoms with van der Waals surface area (Å²) < 4.78 is 11.8. The van der Waals surface area contributed by atoms with Crippen LogP contribution in [0.15, 0.2) is 29.3 Å². The smallest absolute Gasteiger partial charge is 0.193 e. The molecule has 0 heterocycles. The maximum Gasteiger partial charge on any atom is 0.193 e. The Morgan fingerprint density at radius 2 is 2.00 bits per heavy atom. The molecule has 0 amide bonds. The van der Waals surface area contributed by atoms with Gasteiger partial charge in [-0.25, -0.2) is 0 Å². The van der Waals surface area contributed by atoms with Crippen LogP contribution < -0.4 is 11.1 Å². The summed E-state index contributed by atoms with van der Waals surface area (Å²) in [6, 6.07) is 7.99. The van der Waals surface area contributed by atoms with Gasteiger partial charge >= 0.3 is 0 Å². The first-order chi connectivity index (χ1) is 7.76. The number of nitrogens with two attached hydrogens (primary N) is 1. The molecule has 96 valence electrons. The van der Waals surface area contributed by atoms with Crippen molar-refractivity contribution in [3.8, 4) is 0 Å². The van der Waals surface area contributed by atoms with Crippen LogP contribution in [0.25, 0.3) is 0 Å². The van der Waals surface area contributed by atoms with Crippen molar-refractivity contribution in [1.29, 1.82) is 0 Å². The van der Waals surface area contributed by atoms with Gasteiger partial charge in [-0.15, -0.1) is 24.0 Å². The Balaban J connectivity index is 0.00000256. The van der Waals surface area contributed by atoms with Crippen molar-refractivity contribution < 1.29 is 4.39 Å². The van der Waals surface area contributed by atoms with E-state index in [-0.39, 0.29) is 30.7 Å². The molecule has 0 spiro atoms. The molecule has 1 rings (SSSR count). The van der Waals surface area contributed by atoms with Gasteiger partial charge in [-0.2, -0.15) is 0 Å². The highest BCUT2D eigenvalue weighted by molar-refractivity contribution is 14.0. The van der Waals surface area contributed by atoms with E-state index in [1.165, 1.54) is 5.56 Å². The zero-order valence-corrected chi connectivity index (χ0v) is 12.3. The van der Waals surface area contributed by atoms with Crippen LogP contribution in [0, 0.1) is 0 Å². The Kier molecular flexibility index (Phi) is 8.75. The molecule has 0 radical (unpaired) electrons. The van der Waals surface area contributed by atoms with Crippen molar-refractivity contribution in [2.45, 2.75) is 19.8 Å². The summed E-state index contributed by atoms with van der Waals surface area (Å²) in [5, 5.41) is 2.96. The normalized spacial score (nSPS) is 10.8. The van der Waals surface area contributed by atoms with Gasteiger partial charge in [-0.1, -0.05) is 19.1 Å². The van der Waals surface area contributed by atoms with Gasteiger partial charge < -0.3 is 11.1 Å². The number of halogens is 2. The number of anilines is 1. The Hall–Kier alpha value is -0.850. The summed E-state index contributed by atoms with van der Waals surface area (Å²) >= 11 is 0. The molecular formula is C12H19FIN3. The fourth-order valence-electron chi connectivity index (χ4n) is 1.27. The SMILES string of the molecule is CCc1ccc(NC(N)=NCCCF)cc1.I. The minimum absolute atomic E-state index is 0. The molecule has 0 aliphatic carbocycles. The van der Waals surface area contributed by atoms with Crippen LogP contribution in [0.4, 0.5) is 10.1 Å². The average molecular weight is 351 g/mol. The highest BCUT2D eigenvalue weighted by Gasteiger charge is 1.95. The summed E-state index contributed by atoms with van der Waals surface area (Å²) in [6.45, 7) is 2.17. The molecule has 0 aliphatic heterocycles. The Morgan fingerprint density at radius 1 is 1.35 bits per heavy atom. The monoisotopic (exact) mass is 351 g/mol. The molecule has 0 unspecified atom stereocenters. The third kappa shape index (κ3) is 6.45. The molecule has 3 nitrogen and oxygen atoms in total. The first-order valence-corrected chi connectivity index (χ1v) is 5.48. The number of hydrogen-bond acceptors (Lipinski definition) is 1. The fourth-order valence-corrected chi connectivity index (χ4v) is 1.27. The Morgan fingerprint density at radius 3 is 2.53 bits per heavy atom. The van der Waals surface area contributed by atoms with Crippen LogP contribution in [-0.2, 0) is 6.42 Å². The molecule has 0 saturated carbocycles. The molecular weight excluding hydrogens is 332 g/mol. The zero-order chi connectivity index (χ0) is 11.8. The second-order valence-electron chi connectivity index (χ2n) is 3.48. The molecule has 0 atom stereocenters. The maximum absolute atomic E-state index is 11.8. The van der Waals surface area contributed by atoms with Crippen LogP contribution >= 0.6 is 24.0 Å². The lowest BCUT2D eigenvalue weighted by Gasteiger charge is -2.06. The van der Waals surface area contributed by atoms with Crippen molar-refractivity contribution in [2.24, 2.45) is 10.7 Å². The topological polar surface area (TPSA) is 50.4 Å². The molecule has 1 aromatic rings. The molecule has 0 aromatic heterocycles. The van der Waals surface area contributed by atoms with Gasteiger partial charge in [0, 0.05) is 12.2 Å². The van der Waals surface area contributed by atoms with Crippen LogP contribution in [0.2, 0.25) is 0 Å². The van der Waals surface area contributed by atoms with E-state index in [0.29, 0.717) is 18.9 Å². The molecule has 3 N–H and O–H groups in total. The second kappa shape index (κ2) is 9.21. The van der Waals surface area contributed by atoms with Crippen molar-refractivity contribution >= 4 is 35.6 Å². The van der Waals surface area contributed by atoms with Crippen LogP contribution in [-0.4, -0.2) is 19.2 Å². The van der Waals surface area contributed by atoms with E-state index in [2.05, 4.69) is 17.2 Å². The lowest BCUT2D eigenvalue weighted by atomic mass is 10.1. The van der Waals surface area contributed by atoms with E-state index < -0.39 is 0 Å². The van der Waals surface area contributed by atoms with Gasteiger partial charge in [0.25, 0.3) is 0 Å². The molecule has 5 heteroatoms. The van der Waals surface area contributed by atoms with E-state index in [1.54, 1.807) is 0 Å². The second-order valence-corrected chi connectivity index (χ2v) is 3.48. The van der Waals surface area contributed by atoms with Crippen LogP contribution in [0.3, 0.4) is 0 Å². The number of benzene rings is 1. The van der Waals surface area contributed by atoms with Crippen molar-refractivity contribution in [3.63, 3.8) is 0 Å². The highest BCUT2D eigenvalue weighted by Crippen LogP contribution is 2.09. The van der Waals surface area contributed by atoms with Gasteiger partial charge in [0.05, 0.1) is 6.67 Å². The molecule has 0 saturated heterocycles. The Bertz CT molecular complexity index is 338. The van der Waals surface area contributed by atoms with Gasteiger partial charge in [-0.3, -0.25) is 9.38 Å². The van der Waals surface area contributed by atoms with Gasteiger partial charge in [-0.05, 0) is 30.5 Å². The zero-order valence-electron chi connectivity index (χ0n) is 9.95. The standard InChI is InChI=1S/C12H18FN3.HI/c1-2-10-4-6-11(7-5-10)16-12(14)15-9-3-8-13;/h4-7H,2-3,8-9H2,1H3,(H3,14,15,16);1H. The number of aryl methyl sites for hydroxylation is 1. The first-order valence-electron chi connectivity index (χ1n) is 5.48. The van der Waals surface area contributed by atoms with E-state index in [0.717, 1.165) is 12.1 Å². The first kappa shape index (κ1) is 16.1. The summed E-state index contributed by atoms with van der Waals surface area (Å²) in [5.41, 5.74) is 7.81. The summed E-state index contributed by atoms with van der Waals surface area (Å²) in [6.07, 6.45) is 1.43. The number of nitrogens with one attached hydrogen (secondary N) is 1.